The standard InChI is InChI=1S/C22H34FN5O2/c1-24-22(25-13-20-15-28-8-2-3-19(28)16-30-20)26-14-21(27-9-11-29-12-10-27)17-4-6-18(23)7-5-17/h4-7,19-21H,2-3,8-16H2,1H3,(H2,24,25,26). The fourth-order valence-electron chi connectivity index (χ4n) is 4.67. The Balaban J connectivity index is 1.31. The maximum Gasteiger partial charge on any atom is 0.191 e. The Morgan fingerprint density at radius 1 is 1.20 bits per heavy atom. The molecule has 3 heterocycles. The van der Waals surface area contributed by atoms with Gasteiger partial charge in [0.25, 0.3) is 0 Å². The number of rotatable bonds is 6. The molecule has 7 nitrogen and oxygen atoms in total. The third-order valence-corrected chi connectivity index (χ3v) is 6.39. The number of nitrogens with one attached hydrogen (secondary N) is 2. The van der Waals surface area contributed by atoms with Crippen molar-refractivity contribution in [2.24, 2.45) is 4.99 Å². The lowest BCUT2D eigenvalue weighted by molar-refractivity contribution is -0.0453. The van der Waals surface area contributed by atoms with Gasteiger partial charge < -0.3 is 20.1 Å². The van der Waals surface area contributed by atoms with E-state index in [0.29, 0.717) is 12.6 Å². The highest BCUT2D eigenvalue weighted by Crippen LogP contribution is 2.23. The molecule has 3 aliphatic rings. The van der Waals surface area contributed by atoms with Crippen LogP contribution in [0.5, 0.6) is 0 Å². The van der Waals surface area contributed by atoms with Gasteiger partial charge in [-0.1, -0.05) is 12.1 Å². The summed E-state index contributed by atoms with van der Waals surface area (Å²) in [6.45, 7) is 7.61. The summed E-state index contributed by atoms with van der Waals surface area (Å²) >= 11 is 0. The van der Waals surface area contributed by atoms with Crippen molar-refractivity contribution in [3.63, 3.8) is 0 Å². The van der Waals surface area contributed by atoms with Crippen LogP contribution in [0, 0.1) is 5.82 Å². The van der Waals surface area contributed by atoms with Gasteiger partial charge in [-0.05, 0) is 37.1 Å². The minimum Gasteiger partial charge on any atom is -0.379 e. The summed E-state index contributed by atoms with van der Waals surface area (Å²) in [5.74, 6) is 0.556. The van der Waals surface area contributed by atoms with Crippen LogP contribution in [0.4, 0.5) is 4.39 Å². The molecular formula is C22H34FN5O2. The fraction of sp³-hybridized carbons (Fsp3) is 0.682. The quantitative estimate of drug-likeness (QED) is 0.534. The molecule has 1 aromatic carbocycles. The summed E-state index contributed by atoms with van der Waals surface area (Å²) in [7, 11) is 1.79. The maximum absolute atomic E-state index is 13.4. The van der Waals surface area contributed by atoms with Crippen molar-refractivity contribution in [3.8, 4) is 0 Å². The molecule has 0 saturated carbocycles. The number of fused-ring (bicyclic) bond motifs is 1. The summed E-state index contributed by atoms with van der Waals surface area (Å²) in [5.41, 5.74) is 1.09. The van der Waals surface area contributed by atoms with Gasteiger partial charge in [0, 0.05) is 45.8 Å². The molecule has 166 valence electrons. The van der Waals surface area contributed by atoms with Gasteiger partial charge in [0.2, 0.25) is 0 Å². The summed E-state index contributed by atoms with van der Waals surface area (Å²) in [4.78, 5) is 9.32. The van der Waals surface area contributed by atoms with Crippen LogP contribution in [-0.2, 0) is 9.47 Å². The number of aliphatic imine (C=N–C) groups is 1. The maximum atomic E-state index is 13.4. The van der Waals surface area contributed by atoms with Gasteiger partial charge in [0.1, 0.15) is 5.82 Å². The van der Waals surface area contributed by atoms with E-state index in [1.165, 1.54) is 31.5 Å². The van der Waals surface area contributed by atoms with Gasteiger partial charge in [0.05, 0.1) is 32.0 Å². The van der Waals surface area contributed by atoms with Gasteiger partial charge in [-0.15, -0.1) is 0 Å². The zero-order chi connectivity index (χ0) is 20.8. The van der Waals surface area contributed by atoms with E-state index in [2.05, 4.69) is 25.4 Å². The van der Waals surface area contributed by atoms with E-state index in [1.807, 2.05) is 12.1 Å². The third-order valence-electron chi connectivity index (χ3n) is 6.39. The zero-order valence-corrected chi connectivity index (χ0v) is 17.9. The third kappa shape index (κ3) is 5.49. The smallest absolute Gasteiger partial charge is 0.191 e. The molecule has 3 fully saturated rings. The molecular weight excluding hydrogens is 385 g/mol. The van der Waals surface area contributed by atoms with Crippen molar-refractivity contribution in [2.45, 2.75) is 31.0 Å². The summed E-state index contributed by atoms with van der Waals surface area (Å²) in [5, 5.41) is 6.88. The van der Waals surface area contributed by atoms with Crippen LogP contribution in [0.2, 0.25) is 0 Å². The number of morpholine rings is 2. The van der Waals surface area contributed by atoms with Crippen molar-refractivity contribution in [1.82, 2.24) is 20.4 Å². The van der Waals surface area contributed by atoms with Crippen LogP contribution in [0.1, 0.15) is 24.4 Å². The van der Waals surface area contributed by atoms with E-state index >= 15 is 0 Å². The molecule has 3 atom stereocenters. The molecule has 4 rings (SSSR count). The normalized spacial score (nSPS) is 26.9. The Morgan fingerprint density at radius 2 is 2.00 bits per heavy atom. The Kier molecular flexibility index (Phi) is 7.54. The highest BCUT2D eigenvalue weighted by molar-refractivity contribution is 5.79. The van der Waals surface area contributed by atoms with Crippen LogP contribution in [-0.4, -0.2) is 94.0 Å². The second-order valence-electron chi connectivity index (χ2n) is 8.30. The number of halogens is 1. The van der Waals surface area contributed by atoms with Gasteiger partial charge in [0.15, 0.2) is 5.96 Å². The monoisotopic (exact) mass is 419 g/mol. The molecule has 0 aromatic heterocycles. The average molecular weight is 420 g/mol. The number of hydrogen-bond donors (Lipinski definition) is 2. The first-order valence-corrected chi connectivity index (χ1v) is 11.1. The molecule has 0 amide bonds. The molecule has 30 heavy (non-hydrogen) atoms. The molecule has 8 heteroatoms. The Morgan fingerprint density at radius 3 is 2.77 bits per heavy atom. The van der Waals surface area contributed by atoms with Gasteiger partial charge in [-0.3, -0.25) is 14.8 Å². The zero-order valence-electron chi connectivity index (χ0n) is 17.9. The van der Waals surface area contributed by atoms with E-state index in [1.54, 1.807) is 7.05 Å². The largest absolute Gasteiger partial charge is 0.379 e. The summed E-state index contributed by atoms with van der Waals surface area (Å²) in [6.07, 6.45) is 2.73. The number of benzene rings is 1. The minimum atomic E-state index is -0.211. The van der Waals surface area contributed by atoms with E-state index in [4.69, 9.17) is 9.47 Å². The predicted octanol–water partition coefficient (Wildman–Crippen LogP) is 1.23. The molecule has 3 saturated heterocycles. The number of nitrogens with zero attached hydrogens (tertiary/aromatic N) is 3. The van der Waals surface area contributed by atoms with E-state index < -0.39 is 0 Å². The molecule has 0 aliphatic carbocycles. The fourth-order valence-corrected chi connectivity index (χ4v) is 4.67. The van der Waals surface area contributed by atoms with Crippen LogP contribution in [0.3, 0.4) is 0 Å². The number of ether oxygens (including phenoxy) is 2. The first-order valence-electron chi connectivity index (χ1n) is 11.1. The lowest BCUT2D eigenvalue weighted by atomic mass is 10.0. The summed E-state index contributed by atoms with van der Waals surface area (Å²) in [6, 6.07) is 7.54. The highest BCUT2D eigenvalue weighted by Gasteiger charge is 2.32. The van der Waals surface area contributed by atoms with Crippen LogP contribution in [0.15, 0.2) is 29.3 Å². The highest BCUT2D eigenvalue weighted by atomic mass is 19.1. The number of hydrogen-bond acceptors (Lipinski definition) is 5. The summed E-state index contributed by atoms with van der Waals surface area (Å²) < 4.78 is 25.0. The molecule has 0 bridgehead atoms. The van der Waals surface area contributed by atoms with Crippen LogP contribution >= 0.6 is 0 Å². The van der Waals surface area contributed by atoms with E-state index in [0.717, 1.165) is 57.5 Å². The Labute approximate surface area is 178 Å². The molecule has 1 aromatic rings. The first-order chi connectivity index (χ1) is 14.7. The lowest BCUT2D eigenvalue weighted by Gasteiger charge is -2.36. The van der Waals surface area contributed by atoms with Crippen molar-refractivity contribution in [3.05, 3.63) is 35.6 Å². The second kappa shape index (κ2) is 10.5. The van der Waals surface area contributed by atoms with Crippen LogP contribution in [0.25, 0.3) is 0 Å². The molecule has 0 spiro atoms. The second-order valence-corrected chi connectivity index (χ2v) is 8.30. The van der Waals surface area contributed by atoms with E-state index in [-0.39, 0.29) is 18.0 Å². The first kappa shape index (κ1) is 21.5. The predicted molar refractivity (Wildman–Crippen MR) is 115 cm³/mol. The van der Waals surface area contributed by atoms with Gasteiger partial charge in [-0.25, -0.2) is 4.39 Å². The SMILES string of the molecule is CN=C(NCC1CN2CCCC2CO1)NCC(c1ccc(F)cc1)N1CCOCC1. The molecule has 3 unspecified atom stereocenters. The molecule has 3 aliphatic heterocycles. The lowest BCUT2D eigenvalue weighted by Crippen LogP contribution is -2.52. The molecule has 2 N–H and O–H groups in total. The van der Waals surface area contributed by atoms with Gasteiger partial charge in [-0.2, -0.15) is 0 Å². The van der Waals surface area contributed by atoms with Crippen LogP contribution < -0.4 is 10.6 Å². The number of guanidine groups is 1. The molecule has 0 radical (unpaired) electrons. The van der Waals surface area contributed by atoms with Crippen molar-refractivity contribution in [2.75, 3.05) is 66.1 Å². The van der Waals surface area contributed by atoms with Crippen molar-refractivity contribution in [1.29, 1.82) is 0 Å². The van der Waals surface area contributed by atoms with E-state index in [9.17, 15) is 4.39 Å². The minimum absolute atomic E-state index is 0.129. The topological polar surface area (TPSA) is 61.4 Å². The Hall–Kier alpha value is -1.74. The average Bonchev–Trinajstić information content (AvgIpc) is 3.26. The van der Waals surface area contributed by atoms with Crippen molar-refractivity contribution >= 4 is 5.96 Å². The Bertz CT molecular complexity index is 695. The van der Waals surface area contributed by atoms with Crippen molar-refractivity contribution < 1.29 is 13.9 Å². The van der Waals surface area contributed by atoms with Gasteiger partial charge >= 0.3 is 0 Å².